The van der Waals surface area contributed by atoms with Gasteiger partial charge in [-0.25, -0.2) is 8.42 Å². The van der Waals surface area contributed by atoms with Crippen LogP contribution in [0.15, 0.2) is 77.7 Å². The first-order valence-corrected chi connectivity index (χ1v) is 17.2. The third kappa shape index (κ3) is 7.57. The first-order chi connectivity index (χ1) is 22.5. The van der Waals surface area contributed by atoms with Gasteiger partial charge in [-0.05, 0) is 56.0 Å². The molecule has 0 bridgehead atoms. The third-order valence-electron chi connectivity index (χ3n) is 8.38. The number of aryl methyl sites for hydroxylation is 1. The zero-order valence-electron chi connectivity index (χ0n) is 26.3. The second-order valence-corrected chi connectivity index (χ2v) is 14.2. The highest BCUT2D eigenvalue weighted by Crippen LogP contribution is 2.35. The van der Waals surface area contributed by atoms with E-state index >= 15 is 0 Å². The number of nitrogens with zero attached hydrogens (tertiary/aromatic N) is 6. The molecular weight excluding hydrogens is 618 g/mol. The second-order valence-electron chi connectivity index (χ2n) is 12.3. The predicted molar refractivity (Wildman–Crippen MR) is 182 cm³/mol. The number of aliphatic hydroxyl groups excluding tert-OH is 1. The van der Waals surface area contributed by atoms with Crippen molar-refractivity contribution in [3.05, 3.63) is 83.9 Å². The fourth-order valence-corrected chi connectivity index (χ4v) is 7.42. The van der Waals surface area contributed by atoms with Gasteiger partial charge in [0.25, 0.3) is 10.0 Å². The number of aliphatic hydroxyl groups is 1. The number of piperidine rings is 2. The number of benzene rings is 3. The Hall–Kier alpha value is -4.50. The number of β-amino-alcohol motifs (C(OH)–C–C–N with tert-alkyl or cyclic N) is 1. The molecule has 2 fully saturated rings. The van der Waals surface area contributed by atoms with Crippen molar-refractivity contribution in [3.63, 3.8) is 0 Å². The van der Waals surface area contributed by atoms with Crippen LogP contribution in [0.3, 0.4) is 0 Å². The van der Waals surface area contributed by atoms with Crippen LogP contribution < -0.4 is 30.9 Å². The Morgan fingerprint density at radius 1 is 0.915 bits per heavy atom. The van der Waals surface area contributed by atoms with Gasteiger partial charge in [-0.2, -0.15) is 15.0 Å². The lowest BCUT2D eigenvalue weighted by molar-refractivity contribution is 0.153. The van der Waals surface area contributed by atoms with Crippen LogP contribution in [0.2, 0.25) is 0 Å². The Kier molecular flexibility index (Phi) is 9.45. The number of phenolic OH excluding ortho intramolecular Hbond substituents is 1. The Morgan fingerprint density at radius 3 is 2.26 bits per heavy atom. The molecular formula is C33H41N9O4S. The van der Waals surface area contributed by atoms with Gasteiger partial charge >= 0.3 is 0 Å². The van der Waals surface area contributed by atoms with E-state index in [-0.39, 0.29) is 46.6 Å². The van der Waals surface area contributed by atoms with Crippen molar-refractivity contribution in [3.8, 4) is 5.75 Å². The maximum absolute atomic E-state index is 13.9. The molecule has 0 spiro atoms. The van der Waals surface area contributed by atoms with Crippen molar-refractivity contribution >= 4 is 39.2 Å². The predicted octanol–water partition coefficient (Wildman–Crippen LogP) is 2.85. The van der Waals surface area contributed by atoms with E-state index in [4.69, 9.17) is 16.5 Å². The molecule has 4 aromatic rings. The first kappa shape index (κ1) is 32.4. The number of hydrogen-bond acceptors (Lipinski definition) is 12. The van der Waals surface area contributed by atoms with Crippen molar-refractivity contribution in [2.75, 3.05) is 45.6 Å². The molecule has 3 atom stereocenters. The summed E-state index contributed by atoms with van der Waals surface area (Å²) in [4.78, 5) is 18.0. The maximum Gasteiger partial charge on any atom is 0.264 e. The van der Waals surface area contributed by atoms with E-state index in [0.717, 1.165) is 17.5 Å². The Balaban J connectivity index is 1.33. The normalized spacial score (nSPS) is 20.2. The van der Waals surface area contributed by atoms with Crippen molar-refractivity contribution < 1.29 is 18.6 Å². The van der Waals surface area contributed by atoms with Crippen LogP contribution in [0.25, 0.3) is 0 Å². The highest BCUT2D eigenvalue weighted by atomic mass is 32.2. The lowest BCUT2D eigenvalue weighted by atomic mass is 10.0. The van der Waals surface area contributed by atoms with Gasteiger partial charge in [0.15, 0.2) is 0 Å². The molecule has 13 nitrogen and oxygen atoms in total. The number of anilines is 5. The van der Waals surface area contributed by atoms with E-state index in [9.17, 15) is 18.6 Å². The van der Waals surface area contributed by atoms with Gasteiger partial charge < -0.3 is 36.8 Å². The third-order valence-corrected chi connectivity index (χ3v) is 10.2. The fraction of sp³-hybridized carbons (Fsp3) is 0.364. The number of nitrogens with one attached hydrogen (secondary N) is 1. The lowest BCUT2D eigenvalue weighted by Crippen LogP contribution is -2.53. The monoisotopic (exact) mass is 659 g/mol. The highest BCUT2D eigenvalue weighted by molar-refractivity contribution is 7.92. The van der Waals surface area contributed by atoms with Crippen LogP contribution in [0.4, 0.5) is 29.2 Å². The number of phenols is 1. The minimum Gasteiger partial charge on any atom is -0.506 e. The summed E-state index contributed by atoms with van der Waals surface area (Å²) in [6.45, 7) is 4.05. The molecule has 2 saturated heterocycles. The Labute approximate surface area is 274 Å². The van der Waals surface area contributed by atoms with Gasteiger partial charge in [-0.1, -0.05) is 48.0 Å². The largest absolute Gasteiger partial charge is 0.506 e. The van der Waals surface area contributed by atoms with Gasteiger partial charge in [-0.15, -0.1) is 0 Å². The fourth-order valence-electron chi connectivity index (χ4n) is 5.97. The van der Waals surface area contributed by atoms with Crippen molar-refractivity contribution in [2.24, 2.45) is 11.5 Å². The summed E-state index contributed by atoms with van der Waals surface area (Å²) in [5.41, 5.74) is 14.8. The maximum atomic E-state index is 13.9. The molecule has 1 aromatic heterocycles. The van der Waals surface area contributed by atoms with Crippen LogP contribution in [0, 0.1) is 6.92 Å². The molecule has 2 aliphatic rings. The topological polar surface area (TPSA) is 187 Å². The summed E-state index contributed by atoms with van der Waals surface area (Å²) in [7, 11) is -3.99. The van der Waals surface area contributed by atoms with Crippen molar-refractivity contribution in [2.45, 2.75) is 55.8 Å². The SMILES string of the molecule is Cc1ccc(S(=O)(=O)N(Cc2ccccc2)c2ccc(Nc3nc(N4C[C@H](N)C[C@H](N)C4)nc(N4CCC[C@@H](O)C4)n3)c(O)c2)cc1. The lowest BCUT2D eigenvalue weighted by Gasteiger charge is -2.35. The quantitative estimate of drug-likeness (QED) is 0.166. The van der Waals surface area contributed by atoms with E-state index in [2.05, 4.69) is 15.3 Å². The standard InChI is InChI=1S/C33H41N9O4S/c1-22-9-12-28(13-10-22)47(45,46)42(18-23-6-3-2-4-7-23)26-11-14-29(30(44)17-26)36-31-37-32(40-15-5-8-27(43)21-40)39-33(38-31)41-19-24(34)16-25(35)20-41/h2-4,6-7,9-14,17,24-25,27,43-44H,5,8,15-16,18-21,34-35H2,1H3,(H,36,37,38,39)/t24-,25+,27-/m1/s1. The number of rotatable bonds is 9. The van der Waals surface area contributed by atoms with Crippen LogP contribution >= 0.6 is 0 Å². The molecule has 0 amide bonds. The molecule has 0 unspecified atom stereocenters. The molecule has 0 saturated carbocycles. The minimum atomic E-state index is -3.99. The molecule has 0 radical (unpaired) electrons. The van der Waals surface area contributed by atoms with Crippen LogP contribution in [-0.4, -0.2) is 77.9 Å². The smallest absolute Gasteiger partial charge is 0.264 e. The zero-order valence-corrected chi connectivity index (χ0v) is 27.1. The van der Waals surface area contributed by atoms with Crippen LogP contribution in [-0.2, 0) is 16.6 Å². The molecule has 2 aliphatic heterocycles. The minimum absolute atomic E-state index is 0.0608. The van der Waals surface area contributed by atoms with Crippen LogP contribution in [0.1, 0.15) is 30.4 Å². The van der Waals surface area contributed by atoms with E-state index in [0.29, 0.717) is 50.9 Å². The molecule has 7 N–H and O–H groups in total. The molecule has 3 heterocycles. The van der Waals surface area contributed by atoms with E-state index in [1.54, 1.807) is 36.4 Å². The van der Waals surface area contributed by atoms with Gasteiger partial charge in [-0.3, -0.25) is 4.31 Å². The summed E-state index contributed by atoms with van der Waals surface area (Å²) in [6, 6.07) is 20.3. The number of aromatic hydroxyl groups is 1. The molecule has 248 valence electrons. The van der Waals surface area contributed by atoms with E-state index < -0.39 is 16.1 Å². The molecule has 6 rings (SSSR count). The van der Waals surface area contributed by atoms with Gasteiger partial charge in [0.1, 0.15) is 5.75 Å². The molecule has 3 aromatic carbocycles. The summed E-state index contributed by atoms with van der Waals surface area (Å²) >= 11 is 0. The van der Waals surface area contributed by atoms with Crippen molar-refractivity contribution in [1.29, 1.82) is 0 Å². The Bertz CT molecular complexity index is 1780. The highest BCUT2D eigenvalue weighted by Gasteiger charge is 2.29. The summed E-state index contributed by atoms with van der Waals surface area (Å²) in [5.74, 6) is 0.753. The van der Waals surface area contributed by atoms with Gasteiger partial charge in [0.05, 0.1) is 28.9 Å². The van der Waals surface area contributed by atoms with Crippen LogP contribution in [0.5, 0.6) is 5.75 Å². The summed E-state index contributed by atoms with van der Waals surface area (Å²) in [6.07, 6.45) is 1.69. The number of hydrogen-bond donors (Lipinski definition) is 5. The second kappa shape index (κ2) is 13.7. The molecule has 47 heavy (non-hydrogen) atoms. The average Bonchev–Trinajstić information content (AvgIpc) is 3.05. The van der Waals surface area contributed by atoms with Crippen molar-refractivity contribution in [1.82, 2.24) is 15.0 Å². The number of nitrogens with two attached hydrogens (primary N) is 2. The number of sulfonamides is 1. The molecule has 14 heteroatoms. The van der Waals surface area contributed by atoms with E-state index in [1.165, 1.54) is 10.4 Å². The van der Waals surface area contributed by atoms with E-state index in [1.807, 2.05) is 47.1 Å². The zero-order chi connectivity index (χ0) is 33.1. The van der Waals surface area contributed by atoms with Gasteiger partial charge in [0.2, 0.25) is 17.8 Å². The number of aromatic nitrogens is 3. The molecule has 0 aliphatic carbocycles. The average molecular weight is 660 g/mol. The first-order valence-electron chi connectivity index (χ1n) is 15.7. The van der Waals surface area contributed by atoms with Gasteiger partial charge in [0, 0.05) is 44.3 Å². The Morgan fingerprint density at radius 2 is 1.60 bits per heavy atom. The summed E-state index contributed by atoms with van der Waals surface area (Å²) in [5, 5.41) is 24.7. The summed E-state index contributed by atoms with van der Waals surface area (Å²) < 4.78 is 29.2.